The van der Waals surface area contributed by atoms with Crippen LogP contribution in [0.5, 0.6) is 0 Å². The van der Waals surface area contributed by atoms with Gasteiger partial charge in [0.25, 0.3) is 5.56 Å². The Labute approximate surface area is 157 Å². The molecular formula is C19H13ClFN5O. The minimum Gasteiger partial charge on any atom is -0.275 e. The van der Waals surface area contributed by atoms with E-state index < -0.39 is 5.82 Å². The second-order valence-corrected chi connectivity index (χ2v) is 6.91. The molecule has 3 heterocycles. The summed E-state index contributed by atoms with van der Waals surface area (Å²) in [6.45, 7) is 0. The van der Waals surface area contributed by atoms with Crippen molar-refractivity contribution in [2.75, 3.05) is 0 Å². The number of aryl methyl sites for hydroxylation is 2. The molecule has 5 rings (SSSR count). The van der Waals surface area contributed by atoms with Crippen molar-refractivity contribution in [2.45, 2.75) is 0 Å². The molecule has 0 N–H and O–H groups in total. The molecule has 0 saturated heterocycles. The molecule has 0 aliphatic heterocycles. The number of benzene rings is 2. The third kappa shape index (κ3) is 2.21. The molecule has 134 valence electrons. The van der Waals surface area contributed by atoms with E-state index in [0.717, 1.165) is 5.39 Å². The number of fused-ring (bicyclic) bond motifs is 4. The summed E-state index contributed by atoms with van der Waals surface area (Å²) < 4.78 is 19.0. The van der Waals surface area contributed by atoms with Gasteiger partial charge in [-0.25, -0.2) is 4.39 Å². The number of aromatic nitrogens is 5. The Kier molecular flexibility index (Phi) is 3.21. The van der Waals surface area contributed by atoms with Gasteiger partial charge in [0.15, 0.2) is 5.52 Å². The van der Waals surface area contributed by atoms with Gasteiger partial charge < -0.3 is 0 Å². The molecule has 5 aromatic rings. The first-order valence-electron chi connectivity index (χ1n) is 8.24. The molecule has 0 bridgehead atoms. The molecule has 0 fully saturated rings. The van der Waals surface area contributed by atoms with E-state index in [-0.39, 0.29) is 16.1 Å². The molecule has 0 spiro atoms. The van der Waals surface area contributed by atoms with Crippen LogP contribution in [0, 0.1) is 5.82 Å². The first-order valence-corrected chi connectivity index (χ1v) is 8.61. The Hall–Kier alpha value is -3.19. The maximum absolute atomic E-state index is 14.2. The summed E-state index contributed by atoms with van der Waals surface area (Å²) in [6, 6.07) is 8.40. The van der Waals surface area contributed by atoms with Crippen LogP contribution in [0.4, 0.5) is 4.39 Å². The lowest BCUT2D eigenvalue weighted by Crippen LogP contribution is -2.20. The number of halogens is 2. The molecule has 0 radical (unpaired) electrons. The largest absolute Gasteiger partial charge is 0.284 e. The third-order valence-corrected chi connectivity index (χ3v) is 4.96. The monoisotopic (exact) mass is 381 g/mol. The molecule has 3 aromatic heterocycles. The van der Waals surface area contributed by atoms with Crippen LogP contribution in [0.2, 0.25) is 5.02 Å². The first kappa shape index (κ1) is 16.0. The smallest absolute Gasteiger partial charge is 0.275 e. The van der Waals surface area contributed by atoms with Crippen LogP contribution >= 0.6 is 11.6 Å². The number of pyridine rings is 1. The highest BCUT2D eigenvalue weighted by molar-refractivity contribution is 6.31. The van der Waals surface area contributed by atoms with Crippen LogP contribution in [0.25, 0.3) is 38.4 Å². The fraction of sp³-hybridized carbons (Fsp3) is 0.105. The van der Waals surface area contributed by atoms with Crippen LogP contribution in [-0.2, 0) is 14.1 Å². The first-order chi connectivity index (χ1) is 12.9. The van der Waals surface area contributed by atoms with Gasteiger partial charge in [0.05, 0.1) is 16.2 Å². The van der Waals surface area contributed by atoms with Crippen molar-refractivity contribution in [2.24, 2.45) is 14.1 Å². The van der Waals surface area contributed by atoms with Crippen molar-refractivity contribution in [1.82, 2.24) is 24.1 Å². The van der Waals surface area contributed by atoms with E-state index in [0.29, 0.717) is 27.5 Å². The van der Waals surface area contributed by atoms with E-state index in [1.807, 2.05) is 31.4 Å². The second kappa shape index (κ2) is 5.40. The Morgan fingerprint density at radius 1 is 1.00 bits per heavy atom. The molecule has 2 aromatic carbocycles. The van der Waals surface area contributed by atoms with Crippen molar-refractivity contribution in [3.63, 3.8) is 0 Å². The van der Waals surface area contributed by atoms with Gasteiger partial charge >= 0.3 is 0 Å². The van der Waals surface area contributed by atoms with Gasteiger partial charge in [0, 0.05) is 42.6 Å². The second-order valence-electron chi connectivity index (χ2n) is 6.51. The fourth-order valence-electron chi connectivity index (χ4n) is 3.57. The number of nitrogens with zero attached hydrogens (tertiary/aromatic N) is 5. The highest BCUT2D eigenvalue weighted by Crippen LogP contribution is 2.30. The zero-order valence-corrected chi connectivity index (χ0v) is 15.2. The van der Waals surface area contributed by atoms with Gasteiger partial charge in [0.1, 0.15) is 11.3 Å². The van der Waals surface area contributed by atoms with Gasteiger partial charge in [-0.2, -0.15) is 10.2 Å². The van der Waals surface area contributed by atoms with Crippen molar-refractivity contribution in [3.05, 3.63) is 63.9 Å². The summed E-state index contributed by atoms with van der Waals surface area (Å²) in [5, 5.41) is 10.8. The zero-order chi connectivity index (χ0) is 18.9. The van der Waals surface area contributed by atoms with Crippen molar-refractivity contribution in [1.29, 1.82) is 0 Å². The number of hydrogen-bond acceptors (Lipinski definition) is 3. The predicted octanol–water partition coefficient (Wildman–Crippen LogP) is 3.56. The average molecular weight is 382 g/mol. The SMILES string of the molecule is Cn1cc2cccc(-n3c(=O)c4nn(C)cc4c4cc(F)c(Cl)cc43)c2n1. The lowest BCUT2D eigenvalue weighted by atomic mass is 10.1. The van der Waals surface area contributed by atoms with Crippen LogP contribution in [-0.4, -0.2) is 24.1 Å². The Bertz CT molecular complexity index is 1450. The topological polar surface area (TPSA) is 57.6 Å². The molecule has 0 aliphatic rings. The predicted molar refractivity (Wildman–Crippen MR) is 103 cm³/mol. The maximum Gasteiger partial charge on any atom is 0.284 e. The minimum absolute atomic E-state index is 0.0490. The van der Waals surface area contributed by atoms with Gasteiger partial charge in [0.2, 0.25) is 0 Å². The summed E-state index contributed by atoms with van der Waals surface area (Å²) in [5.41, 5.74) is 1.72. The fourth-order valence-corrected chi connectivity index (χ4v) is 3.72. The van der Waals surface area contributed by atoms with E-state index in [2.05, 4.69) is 10.2 Å². The highest BCUT2D eigenvalue weighted by atomic mass is 35.5. The Morgan fingerprint density at radius 2 is 1.74 bits per heavy atom. The van der Waals surface area contributed by atoms with Crippen LogP contribution in [0.3, 0.4) is 0 Å². The summed E-state index contributed by atoms with van der Waals surface area (Å²) in [7, 11) is 3.54. The molecular weight excluding hydrogens is 369 g/mol. The van der Waals surface area contributed by atoms with Crippen LogP contribution < -0.4 is 5.56 Å². The van der Waals surface area contributed by atoms with E-state index >= 15 is 0 Å². The Morgan fingerprint density at radius 3 is 2.56 bits per heavy atom. The van der Waals surface area contributed by atoms with Gasteiger partial charge in [-0.05, 0) is 18.2 Å². The van der Waals surface area contributed by atoms with Crippen molar-refractivity contribution < 1.29 is 4.39 Å². The normalized spacial score (nSPS) is 11.9. The minimum atomic E-state index is -0.546. The van der Waals surface area contributed by atoms with Crippen molar-refractivity contribution >= 4 is 44.3 Å². The summed E-state index contributed by atoms with van der Waals surface area (Å²) in [4.78, 5) is 13.3. The van der Waals surface area contributed by atoms with E-state index in [9.17, 15) is 9.18 Å². The summed E-state index contributed by atoms with van der Waals surface area (Å²) >= 11 is 6.05. The summed E-state index contributed by atoms with van der Waals surface area (Å²) in [5.74, 6) is -0.546. The molecule has 8 heteroatoms. The van der Waals surface area contributed by atoms with E-state index in [1.54, 1.807) is 22.6 Å². The standard InChI is InChI=1S/C19H13ClFN5O/c1-24-8-10-4-3-5-15(17(10)22-24)26-16-7-13(20)14(21)6-11(16)12-9-25(2)23-18(12)19(26)27/h3-9H,1-2H3. The zero-order valence-electron chi connectivity index (χ0n) is 14.4. The highest BCUT2D eigenvalue weighted by Gasteiger charge is 2.19. The molecule has 0 unspecified atom stereocenters. The summed E-state index contributed by atoms with van der Waals surface area (Å²) in [6.07, 6.45) is 3.58. The number of rotatable bonds is 1. The molecule has 0 amide bonds. The van der Waals surface area contributed by atoms with Crippen molar-refractivity contribution in [3.8, 4) is 5.69 Å². The van der Waals surface area contributed by atoms with E-state index in [4.69, 9.17) is 11.6 Å². The van der Waals surface area contributed by atoms with Gasteiger partial charge in [-0.1, -0.05) is 23.7 Å². The molecule has 27 heavy (non-hydrogen) atoms. The molecule has 0 atom stereocenters. The molecule has 6 nitrogen and oxygen atoms in total. The van der Waals surface area contributed by atoms with Crippen LogP contribution in [0.15, 0.2) is 47.5 Å². The molecule has 0 saturated carbocycles. The van der Waals surface area contributed by atoms with Gasteiger partial charge in [-0.3, -0.25) is 18.7 Å². The average Bonchev–Trinajstić information content (AvgIpc) is 3.19. The maximum atomic E-state index is 14.2. The Balaban J connectivity index is 2.06. The third-order valence-electron chi connectivity index (χ3n) is 4.67. The molecule has 0 aliphatic carbocycles. The van der Waals surface area contributed by atoms with E-state index in [1.165, 1.54) is 16.7 Å². The van der Waals surface area contributed by atoms with Gasteiger partial charge in [-0.15, -0.1) is 0 Å². The lowest BCUT2D eigenvalue weighted by Gasteiger charge is -2.12. The lowest BCUT2D eigenvalue weighted by molar-refractivity contribution is 0.630. The van der Waals surface area contributed by atoms with Crippen LogP contribution in [0.1, 0.15) is 0 Å². The quantitative estimate of drug-likeness (QED) is 0.446. The number of hydrogen-bond donors (Lipinski definition) is 0.